The summed E-state index contributed by atoms with van der Waals surface area (Å²) in [5.74, 6) is 0. The largest absolute Gasteiger partial charge is 0.380 e. The third kappa shape index (κ3) is 3.22. The number of hydrogen-bond acceptors (Lipinski definition) is 4. The Morgan fingerprint density at radius 1 is 1.16 bits per heavy atom. The number of hydrogen-bond donors (Lipinski definition) is 1. The Bertz CT molecular complexity index is 683. The molecule has 92 valence electrons. The van der Waals surface area contributed by atoms with Crippen LogP contribution in [0.3, 0.4) is 0 Å². The van der Waals surface area contributed by atoms with Gasteiger partial charge in [0.05, 0.1) is 22.3 Å². The third-order valence-corrected chi connectivity index (χ3v) is 2.85. The maximum Gasteiger partial charge on any atom is 0.140 e. The zero-order chi connectivity index (χ0) is 13.7. The van der Waals surface area contributed by atoms with Crippen LogP contribution in [0, 0.1) is 22.7 Å². The van der Waals surface area contributed by atoms with Crippen LogP contribution in [0.15, 0.2) is 36.5 Å². The van der Waals surface area contributed by atoms with Crippen LogP contribution in [-0.2, 0) is 6.54 Å². The molecule has 0 spiro atoms. The van der Waals surface area contributed by atoms with Crippen LogP contribution in [0.25, 0.3) is 0 Å². The highest BCUT2D eigenvalue weighted by molar-refractivity contribution is 6.33. The van der Waals surface area contributed by atoms with E-state index in [0.717, 1.165) is 5.56 Å². The average molecular weight is 269 g/mol. The highest BCUT2D eigenvalue weighted by atomic mass is 35.5. The number of aromatic nitrogens is 1. The number of anilines is 1. The molecule has 5 heteroatoms. The van der Waals surface area contributed by atoms with Gasteiger partial charge in [-0.3, -0.25) is 0 Å². The lowest BCUT2D eigenvalue weighted by atomic mass is 10.2. The number of nitrogens with zero attached hydrogens (tertiary/aromatic N) is 3. The van der Waals surface area contributed by atoms with Gasteiger partial charge in [-0.1, -0.05) is 11.6 Å². The smallest absolute Gasteiger partial charge is 0.140 e. The Kier molecular flexibility index (Phi) is 3.97. The highest BCUT2D eigenvalue weighted by Gasteiger charge is 2.02. The minimum Gasteiger partial charge on any atom is -0.380 e. The molecule has 0 saturated carbocycles. The maximum atomic E-state index is 8.84. The summed E-state index contributed by atoms with van der Waals surface area (Å²) in [7, 11) is 0. The summed E-state index contributed by atoms with van der Waals surface area (Å²) in [6.07, 6.45) is 1.59. The molecule has 19 heavy (non-hydrogen) atoms. The van der Waals surface area contributed by atoms with Crippen LogP contribution >= 0.6 is 11.6 Å². The van der Waals surface area contributed by atoms with Gasteiger partial charge in [0.25, 0.3) is 0 Å². The third-order valence-electron chi connectivity index (χ3n) is 2.52. The predicted molar refractivity (Wildman–Crippen MR) is 72.4 cm³/mol. The zero-order valence-electron chi connectivity index (χ0n) is 9.89. The summed E-state index contributed by atoms with van der Waals surface area (Å²) < 4.78 is 0. The summed E-state index contributed by atoms with van der Waals surface area (Å²) >= 11 is 6.04. The second-order valence-electron chi connectivity index (χ2n) is 3.82. The van der Waals surface area contributed by atoms with Crippen molar-refractivity contribution in [2.45, 2.75) is 6.54 Å². The topological polar surface area (TPSA) is 72.5 Å². The van der Waals surface area contributed by atoms with Gasteiger partial charge in [0.1, 0.15) is 11.8 Å². The van der Waals surface area contributed by atoms with E-state index in [1.54, 1.807) is 30.5 Å². The summed E-state index contributed by atoms with van der Waals surface area (Å²) in [5, 5.41) is 21.3. The van der Waals surface area contributed by atoms with Crippen LogP contribution in [0.4, 0.5) is 5.69 Å². The van der Waals surface area contributed by atoms with Crippen molar-refractivity contribution in [3.05, 3.63) is 58.4 Å². The lowest BCUT2D eigenvalue weighted by molar-refractivity contribution is 1.12. The Balaban J connectivity index is 2.14. The van der Waals surface area contributed by atoms with Crippen molar-refractivity contribution in [2.24, 2.45) is 0 Å². The van der Waals surface area contributed by atoms with Gasteiger partial charge in [0.15, 0.2) is 0 Å². The molecule has 0 aliphatic heterocycles. The summed E-state index contributed by atoms with van der Waals surface area (Å²) in [4.78, 5) is 3.90. The van der Waals surface area contributed by atoms with Crippen LogP contribution in [0.1, 0.15) is 16.8 Å². The molecule has 2 aromatic rings. The van der Waals surface area contributed by atoms with E-state index in [1.165, 1.54) is 0 Å². The van der Waals surface area contributed by atoms with Crippen molar-refractivity contribution >= 4 is 17.3 Å². The molecule has 0 radical (unpaired) electrons. The molecule has 0 fully saturated rings. The van der Waals surface area contributed by atoms with Crippen LogP contribution < -0.4 is 5.32 Å². The molecule has 0 saturated heterocycles. The monoisotopic (exact) mass is 268 g/mol. The molecule has 1 heterocycles. The number of rotatable bonds is 3. The molecule has 0 unspecified atom stereocenters. The first kappa shape index (κ1) is 12.9. The van der Waals surface area contributed by atoms with Gasteiger partial charge in [-0.15, -0.1) is 0 Å². The van der Waals surface area contributed by atoms with E-state index >= 15 is 0 Å². The molecule has 1 N–H and O–H groups in total. The lowest BCUT2D eigenvalue weighted by Gasteiger charge is -2.08. The normalized spacial score (nSPS) is 9.42. The molecule has 0 bridgehead atoms. The number of benzene rings is 1. The van der Waals surface area contributed by atoms with Crippen molar-refractivity contribution in [3.63, 3.8) is 0 Å². The van der Waals surface area contributed by atoms with E-state index in [4.69, 9.17) is 22.1 Å². The number of nitriles is 2. The van der Waals surface area contributed by atoms with Gasteiger partial charge in [-0.2, -0.15) is 10.5 Å². The van der Waals surface area contributed by atoms with Gasteiger partial charge in [0, 0.05) is 12.7 Å². The second kappa shape index (κ2) is 5.86. The standard InChI is InChI=1S/C14H9ClN4/c15-13-2-1-10(7-16)6-14(13)19-9-11-3-4-18-12(5-11)8-17/h1-6,19H,9H2. The Morgan fingerprint density at radius 3 is 2.74 bits per heavy atom. The molecule has 0 amide bonds. The van der Waals surface area contributed by atoms with Crippen molar-refractivity contribution in [2.75, 3.05) is 5.32 Å². The Morgan fingerprint density at radius 2 is 2.00 bits per heavy atom. The van der Waals surface area contributed by atoms with Crippen molar-refractivity contribution < 1.29 is 0 Å². The molecular formula is C14H9ClN4. The quantitative estimate of drug-likeness (QED) is 0.928. The molecule has 1 aromatic heterocycles. The molecule has 0 aliphatic carbocycles. The molecule has 0 atom stereocenters. The zero-order valence-corrected chi connectivity index (χ0v) is 10.6. The summed E-state index contributed by atoms with van der Waals surface area (Å²) in [6, 6.07) is 12.6. The average Bonchev–Trinajstić information content (AvgIpc) is 2.46. The number of halogens is 1. The van der Waals surface area contributed by atoms with E-state index in [9.17, 15) is 0 Å². The molecular weight excluding hydrogens is 260 g/mol. The number of pyridine rings is 1. The first-order valence-corrected chi connectivity index (χ1v) is 5.89. The first-order chi connectivity index (χ1) is 9.22. The highest BCUT2D eigenvalue weighted by Crippen LogP contribution is 2.23. The van der Waals surface area contributed by atoms with Crippen LogP contribution in [0.5, 0.6) is 0 Å². The van der Waals surface area contributed by atoms with Crippen molar-refractivity contribution in [3.8, 4) is 12.1 Å². The molecule has 2 rings (SSSR count). The van der Waals surface area contributed by atoms with E-state index in [1.807, 2.05) is 12.1 Å². The summed E-state index contributed by atoms with van der Waals surface area (Å²) in [5.41, 5.74) is 2.52. The second-order valence-corrected chi connectivity index (χ2v) is 4.23. The minimum atomic E-state index is 0.371. The molecule has 0 aliphatic rings. The fraction of sp³-hybridized carbons (Fsp3) is 0.0714. The maximum absolute atomic E-state index is 8.84. The van der Waals surface area contributed by atoms with E-state index in [-0.39, 0.29) is 0 Å². The van der Waals surface area contributed by atoms with Gasteiger partial charge in [0.2, 0.25) is 0 Å². The minimum absolute atomic E-state index is 0.371. The first-order valence-electron chi connectivity index (χ1n) is 5.51. The molecule has 1 aromatic carbocycles. The Labute approximate surface area is 115 Å². The predicted octanol–water partition coefficient (Wildman–Crippen LogP) is 3.09. The van der Waals surface area contributed by atoms with Crippen molar-refractivity contribution in [1.82, 2.24) is 4.98 Å². The van der Waals surface area contributed by atoms with E-state index < -0.39 is 0 Å². The van der Waals surface area contributed by atoms with Gasteiger partial charge >= 0.3 is 0 Å². The van der Waals surface area contributed by atoms with Crippen LogP contribution in [0.2, 0.25) is 5.02 Å². The Hall–Kier alpha value is -2.56. The van der Waals surface area contributed by atoms with Crippen LogP contribution in [-0.4, -0.2) is 4.98 Å². The van der Waals surface area contributed by atoms with Gasteiger partial charge in [-0.05, 0) is 35.9 Å². The van der Waals surface area contributed by atoms with E-state index in [0.29, 0.717) is 28.5 Å². The van der Waals surface area contributed by atoms with E-state index in [2.05, 4.69) is 16.4 Å². The van der Waals surface area contributed by atoms with Gasteiger partial charge in [-0.25, -0.2) is 4.98 Å². The molecule has 4 nitrogen and oxygen atoms in total. The summed E-state index contributed by atoms with van der Waals surface area (Å²) in [6.45, 7) is 0.506. The lowest BCUT2D eigenvalue weighted by Crippen LogP contribution is -2.01. The fourth-order valence-corrected chi connectivity index (χ4v) is 1.76. The SMILES string of the molecule is N#Cc1ccc(Cl)c(NCc2ccnc(C#N)c2)c1. The van der Waals surface area contributed by atoms with Crippen molar-refractivity contribution in [1.29, 1.82) is 10.5 Å². The number of nitrogens with one attached hydrogen (secondary N) is 1. The fourth-order valence-electron chi connectivity index (χ4n) is 1.57. The van der Waals surface area contributed by atoms with Gasteiger partial charge < -0.3 is 5.32 Å².